The molecule has 1 aliphatic heterocycles. The molecule has 0 aromatic rings. The molecule has 0 spiro atoms. The van der Waals surface area contributed by atoms with Gasteiger partial charge in [0.25, 0.3) is 0 Å². The number of nitrogens with zero attached hydrogens (tertiary/aromatic N) is 1. The average molecular weight is 427 g/mol. The fourth-order valence-electron chi connectivity index (χ4n) is 3.83. The number of β-amino-alcohol motifs (C(OH)–C–C–N with tert-alkyl or cyclic N) is 1. The largest absolute Gasteiger partial charge is 0.444 e. The predicted octanol–water partition coefficient (Wildman–Crippen LogP) is 5.03. The lowest BCUT2D eigenvalue weighted by Crippen LogP contribution is -2.38. The maximum atomic E-state index is 12.4. The van der Waals surface area contributed by atoms with Crippen LogP contribution in [0.3, 0.4) is 0 Å². The van der Waals surface area contributed by atoms with Crippen LogP contribution in [0.2, 0.25) is 0 Å². The van der Waals surface area contributed by atoms with E-state index in [1.165, 1.54) is 69.1 Å². The van der Waals surface area contributed by atoms with E-state index in [1.54, 1.807) is 20.8 Å². The van der Waals surface area contributed by atoms with E-state index in [-0.39, 0.29) is 19.0 Å². The molecular formula is C24H46N2O4. The summed E-state index contributed by atoms with van der Waals surface area (Å²) in [5, 5.41) is 13.1. The number of carbonyl (C=O) groups excluding carboxylic acids is 2. The molecule has 0 aromatic carbocycles. The van der Waals surface area contributed by atoms with Gasteiger partial charge in [0.2, 0.25) is 5.91 Å². The van der Waals surface area contributed by atoms with Crippen molar-refractivity contribution < 1.29 is 19.4 Å². The van der Waals surface area contributed by atoms with E-state index >= 15 is 0 Å². The zero-order valence-electron chi connectivity index (χ0n) is 19.9. The van der Waals surface area contributed by atoms with Crippen molar-refractivity contribution in [1.82, 2.24) is 10.2 Å². The zero-order chi connectivity index (χ0) is 22.4. The Morgan fingerprint density at radius 3 is 1.90 bits per heavy atom. The molecule has 1 fully saturated rings. The number of aliphatic hydroxyl groups excluding tert-OH is 1. The van der Waals surface area contributed by atoms with Crippen LogP contribution in [0, 0.1) is 5.92 Å². The molecule has 2 atom stereocenters. The van der Waals surface area contributed by atoms with E-state index in [1.807, 2.05) is 0 Å². The summed E-state index contributed by atoms with van der Waals surface area (Å²) < 4.78 is 5.32. The normalized spacial score (nSPS) is 19.2. The molecule has 176 valence electrons. The third kappa shape index (κ3) is 11.8. The lowest BCUT2D eigenvalue weighted by atomic mass is 10.0. The molecule has 1 heterocycles. The van der Waals surface area contributed by atoms with Gasteiger partial charge in [0, 0.05) is 13.1 Å². The monoisotopic (exact) mass is 426 g/mol. The summed E-state index contributed by atoms with van der Waals surface area (Å²) in [7, 11) is 0. The van der Waals surface area contributed by atoms with Gasteiger partial charge < -0.3 is 20.1 Å². The van der Waals surface area contributed by atoms with Crippen molar-refractivity contribution in [3.8, 4) is 0 Å². The maximum absolute atomic E-state index is 12.4. The van der Waals surface area contributed by atoms with Gasteiger partial charge in [-0.3, -0.25) is 4.79 Å². The minimum atomic E-state index is -0.834. The van der Waals surface area contributed by atoms with Gasteiger partial charge in [-0.25, -0.2) is 4.79 Å². The smallest absolute Gasteiger partial charge is 0.410 e. The van der Waals surface area contributed by atoms with Gasteiger partial charge in [-0.2, -0.15) is 0 Å². The molecule has 1 saturated heterocycles. The highest BCUT2D eigenvalue weighted by atomic mass is 16.6. The quantitative estimate of drug-likeness (QED) is 0.382. The number of rotatable bonds is 14. The average Bonchev–Trinajstić information content (AvgIpc) is 3.06. The molecule has 0 bridgehead atoms. The van der Waals surface area contributed by atoms with Crippen LogP contribution in [0.4, 0.5) is 4.79 Å². The zero-order valence-corrected chi connectivity index (χ0v) is 19.9. The molecule has 6 heteroatoms. The number of amides is 2. The van der Waals surface area contributed by atoms with Crippen molar-refractivity contribution in [2.75, 3.05) is 19.6 Å². The van der Waals surface area contributed by atoms with Crippen molar-refractivity contribution in [3.05, 3.63) is 0 Å². The van der Waals surface area contributed by atoms with Gasteiger partial charge in [0.15, 0.2) is 0 Å². The van der Waals surface area contributed by atoms with Crippen molar-refractivity contribution in [2.24, 2.45) is 5.92 Å². The molecule has 6 nitrogen and oxygen atoms in total. The number of ether oxygens (including phenoxy) is 1. The number of hydrogen-bond acceptors (Lipinski definition) is 4. The lowest BCUT2D eigenvalue weighted by molar-refractivity contribution is -0.126. The van der Waals surface area contributed by atoms with Crippen LogP contribution in [0.5, 0.6) is 0 Å². The Balaban J connectivity index is 2.04. The molecule has 1 aliphatic rings. The Morgan fingerprint density at radius 2 is 1.40 bits per heavy atom. The van der Waals surface area contributed by atoms with Gasteiger partial charge in [0.05, 0.1) is 18.6 Å². The van der Waals surface area contributed by atoms with Crippen LogP contribution < -0.4 is 5.32 Å². The molecule has 0 aromatic heterocycles. The fourth-order valence-corrected chi connectivity index (χ4v) is 3.83. The SMILES string of the molecule is CCCCCCCCCCCCCCNC(=O)[C@@H]1CN(C(=O)OC(C)(C)C)C[C@@H]1O. The minimum Gasteiger partial charge on any atom is -0.444 e. The van der Waals surface area contributed by atoms with Crippen molar-refractivity contribution in [1.29, 1.82) is 0 Å². The van der Waals surface area contributed by atoms with Gasteiger partial charge >= 0.3 is 6.09 Å². The van der Waals surface area contributed by atoms with Crippen LogP contribution in [0.1, 0.15) is 105 Å². The third-order valence-corrected chi connectivity index (χ3v) is 5.61. The number of carbonyl (C=O) groups is 2. The van der Waals surface area contributed by atoms with Crippen LogP contribution in [0.25, 0.3) is 0 Å². The molecule has 0 radical (unpaired) electrons. The van der Waals surface area contributed by atoms with Crippen LogP contribution in [-0.2, 0) is 9.53 Å². The molecular weight excluding hydrogens is 380 g/mol. The standard InChI is InChI=1S/C24H46N2O4/c1-5-6-7-8-9-10-11-12-13-14-15-16-17-25-22(28)20-18-26(19-21(20)27)23(29)30-24(2,3)4/h20-21,27H,5-19H2,1-4H3,(H,25,28)/t20-,21+/m1/s1. The first-order chi connectivity index (χ1) is 14.2. The third-order valence-electron chi connectivity index (χ3n) is 5.61. The van der Waals surface area contributed by atoms with Gasteiger partial charge in [0.1, 0.15) is 5.60 Å². The van der Waals surface area contributed by atoms with E-state index in [0.29, 0.717) is 6.54 Å². The first-order valence-corrected chi connectivity index (χ1v) is 12.2. The number of hydrogen-bond donors (Lipinski definition) is 2. The summed E-state index contributed by atoms with van der Waals surface area (Å²) in [6.45, 7) is 8.64. The van der Waals surface area contributed by atoms with Crippen molar-refractivity contribution in [3.63, 3.8) is 0 Å². The Labute approximate surface area is 184 Å². The maximum Gasteiger partial charge on any atom is 0.410 e. The fraction of sp³-hybridized carbons (Fsp3) is 0.917. The molecule has 0 saturated carbocycles. The second-order valence-corrected chi connectivity index (χ2v) is 9.74. The summed E-state index contributed by atoms with van der Waals surface area (Å²) in [5.74, 6) is -0.744. The number of unbranched alkanes of at least 4 members (excludes halogenated alkanes) is 11. The first kappa shape index (κ1) is 26.7. The molecule has 0 aliphatic carbocycles. The molecule has 2 amide bonds. The highest BCUT2D eigenvalue weighted by Crippen LogP contribution is 2.20. The summed E-state index contributed by atoms with van der Waals surface area (Å²) in [5.41, 5.74) is -0.586. The van der Waals surface area contributed by atoms with Crippen molar-refractivity contribution >= 4 is 12.0 Å². The van der Waals surface area contributed by atoms with Crippen LogP contribution in [0.15, 0.2) is 0 Å². The number of likely N-dealkylation sites (tertiary alicyclic amines) is 1. The highest BCUT2D eigenvalue weighted by molar-refractivity contribution is 5.81. The van der Waals surface area contributed by atoms with E-state index < -0.39 is 23.7 Å². The summed E-state index contributed by atoms with van der Waals surface area (Å²) in [4.78, 5) is 25.9. The lowest BCUT2D eigenvalue weighted by Gasteiger charge is -2.24. The Hall–Kier alpha value is -1.30. The van der Waals surface area contributed by atoms with Gasteiger partial charge in [-0.15, -0.1) is 0 Å². The summed E-state index contributed by atoms with van der Waals surface area (Å²) in [6, 6.07) is 0. The Kier molecular flexibility index (Phi) is 13.1. The van der Waals surface area contributed by atoms with Crippen LogP contribution in [-0.4, -0.2) is 53.3 Å². The minimum absolute atomic E-state index is 0.144. The predicted molar refractivity (Wildman–Crippen MR) is 121 cm³/mol. The summed E-state index contributed by atoms with van der Waals surface area (Å²) >= 11 is 0. The molecule has 2 N–H and O–H groups in total. The molecule has 0 unspecified atom stereocenters. The Bertz CT molecular complexity index is 490. The topological polar surface area (TPSA) is 78.9 Å². The van der Waals surface area contributed by atoms with E-state index in [9.17, 15) is 14.7 Å². The van der Waals surface area contributed by atoms with Gasteiger partial charge in [-0.1, -0.05) is 77.6 Å². The highest BCUT2D eigenvalue weighted by Gasteiger charge is 2.39. The van der Waals surface area contributed by atoms with Crippen molar-refractivity contribution in [2.45, 2.75) is 116 Å². The van der Waals surface area contributed by atoms with Gasteiger partial charge in [-0.05, 0) is 27.2 Å². The van der Waals surface area contributed by atoms with Crippen LogP contribution >= 0.6 is 0 Å². The molecule has 1 rings (SSSR count). The number of aliphatic hydroxyl groups is 1. The summed E-state index contributed by atoms with van der Waals surface area (Å²) in [6.07, 6.45) is 14.1. The first-order valence-electron chi connectivity index (χ1n) is 12.2. The second-order valence-electron chi connectivity index (χ2n) is 9.74. The van der Waals surface area contributed by atoms with E-state index in [2.05, 4.69) is 12.2 Å². The number of nitrogens with one attached hydrogen (secondary N) is 1. The second kappa shape index (κ2) is 14.7. The van der Waals surface area contributed by atoms with E-state index in [0.717, 1.165) is 12.8 Å². The molecule has 30 heavy (non-hydrogen) atoms. The van der Waals surface area contributed by atoms with E-state index in [4.69, 9.17) is 4.74 Å². The Morgan fingerprint density at radius 1 is 0.900 bits per heavy atom.